The molecule has 2 aromatic rings. The Morgan fingerprint density at radius 2 is 2.12 bits per heavy atom. The smallest absolute Gasteiger partial charge is 0.129 e. The minimum absolute atomic E-state index is 0.0173. The number of fused-ring (bicyclic) bond motifs is 1. The molecule has 0 radical (unpaired) electrons. The maximum atomic E-state index is 14.7. The van der Waals surface area contributed by atoms with Crippen LogP contribution in [0.4, 0.5) is 10.2 Å². The fourth-order valence-corrected chi connectivity index (χ4v) is 4.96. The number of benzene rings is 1. The zero-order chi connectivity index (χ0) is 17.1. The summed E-state index contributed by atoms with van der Waals surface area (Å²) in [5, 5.41) is 8.66. The Morgan fingerprint density at radius 3 is 2.79 bits per heavy atom. The van der Waals surface area contributed by atoms with Crippen molar-refractivity contribution in [2.75, 3.05) is 11.9 Å². The average Bonchev–Trinajstić information content (AvgIpc) is 3.29. The monoisotopic (exact) mass is 365 g/mol. The van der Waals surface area contributed by atoms with E-state index in [9.17, 15) is 4.39 Å². The highest BCUT2D eigenvalue weighted by Crippen LogP contribution is 2.53. The molecule has 1 aromatic carbocycles. The van der Waals surface area contributed by atoms with Crippen LogP contribution in [0.5, 0.6) is 0 Å². The van der Waals surface area contributed by atoms with Gasteiger partial charge in [0.05, 0.1) is 10.9 Å². The summed E-state index contributed by atoms with van der Waals surface area (Å²) < 4.78 is 16.6. The van der Waals surface area contributed by atoms with Crippen molar-refractivity contribution in [1.29, 1.82) is 0 Å². The van der Waals surface area contributed by atoms with Crippen LogP contribution in [-0.4, -0.2) is 21.1 Å². The van der Waals surface area contributed by atoms with Crippen LogP contribution in [0.2, 0.25) is 5.02 Å². The number of rotatable bonds is 2. The van der Waals surface area contributed by atoms with Crippen LogP contribution in [0, 0.1) is 5.82 Å². The van der Waals surface area contributed by atoms with Crippen molar-refractivity contribution < 1.29 is 4.39 Å². The minimum atomic E-state index is -0.241. The molecule has 1 fully saturated rings. The number of hydrogen-bond acceptors (Lipinski definition) is 3. The van der Waals surface area contributed by atoms with Gasteiger partial charge in [-0.2, -0.15) is 5.10 Å². The molecule has 1 aromatic heterocycles. The molecule has 0 saturated heterocycles. The third-order valence-electron chi connectivity index (χ3n) is 4.70. The highest BCUT2D eigenvalue weighted by molar-refractivity contribution is 8.01. The molecule has 0 amide bonds. The predicted molar refractivity (Wildman–Crippen MR) is 98.6 cm³/mol. The highest BCUT2D eigenvalue weighted by atomic mass is 35.5. The van der Waals surface area contributed by atoms with E-state index in [1.807, 2.05) is 17.8 Å². The lowest BCUT2D eigenvalue weighted by molar-refractivity contribution is 0.612. The van der Waals surface area contributed by atoms with Crippen LogP contribution in [0.3, 0.4) is 0 Å². The number of hydrogen-bond donors (Lipinski definition) is 1. The third kappa shape index (κ3) is 2.82. The maximum Gasteiger partial charge on any atom is 0.129 e. The molecule has 1 N–H and O–H groups in total. The lowest BCUT2D eigenvalue weighted by atomic mass is 10.0. The molecule has 1 aliphatic carbocycles. The molecule has 1 aliphatic heterocycles. The van der Waals surface area contributed by atoms with Crippen LogP contribution in [0.1, 0.15) is 54.7 Å². The van der Waals surface area contributed by atoms with Gasteiger partial charge >= 0.3 is 0 Å². The molecular weight excluding hydrogens is 345 g/mol. The summed E-state index contributed by atoms with van der Waals surface area (Å²) in [6.07, 6.45) is 2.35. The Hall–Kier alpha value is -1.20. The Balaban J connectivity index is 1.90. The van der Waals surface area contributed by atoms with Crippen molar-refractivity contribution in [3.63, 3.8) is 0 Å². The summed E-state index contributed by atoms with van der Waals surface area (Å²) in [5.41, 5.74) is 2.97. The standard InChI is InChI=1S/C18H21ClFN3S/c1-18(2)9-21-17-14(15(10-4-5-10)22-23(17)3)16(24-18)12-7-6-11(19)8-13(12)20/h6-8,10,16,21H,4-5,9H2,1-3H3/t16-/m0/s1. The topological polar surface area (TPSA) is 29.9 Å². The number of halogens is 2. The van der Waals surface area contributed by atoms with Crippen molar-refractivity contribution in [1.82, 2.24) is 9.78 Å². The van der Waals surface area contributed by atoms with Crippen molar-refractivity contribution in [2.45, 2.75) is 42.6 Å². The predicted octanol–water partition coefficient (Wildman–Crippen LogP) is 5.12. The van der Waals surface area contributed by atoms with E-state index in [1.54, 1.807) is 17.8 Å². The average molecular weight is 366 g/mol. The quantitative estimate of drug-likeness (QED) is 0.801. The number of anilines is 1. The van der Waals surface area contributed by atoms with Gasteiger partial charge in [-0.25, -0.2) is 4.39 Å². The van der Waals surface area contributed by atoms with E-state index in [0.29, 0.717) is 16.5 Å². The second kappa shape index (κ2) is 5.67. The summed E-state index contributed by atoms with van der Waals surface area (Å²) in [6, 6.07) is 5.01. The molecule has 0 unspecified atom stereocenters. The van der Waals surface area contributed by atoms with Crippen LogP contribution >= 0.6 is 23.4 Å². The number of nitrogens with zero attached hydrogens (tertiary/aromatic N) is 2. The SMILES string of the molecule is Cn1nc(C2CC2)c2c1NCC(C)(C)S[C@H]2c1ccc(Cl)cc1F. The molecule has 2 heterocycles. The highest BCUT2D eigenvalue weighted by Gasteiger charge is 2.40. The lowest BCUT2D eigenvalue weighted by Crippen LogP contribution is -2.26. The minimum Gasteiger partial charge on any atom is -0.369 e. The zero-order valence-electron chi connectivity index (χ0n) is 14.1. The molecular formula is C18H21ClFN3S. The molecule has 24 heavy (non-hydrogen) atoms. The largest absolute Gasteiger partial charge is 0.369 e. The van der Waals surface area contributed by atoms with Gasteiger partial charge in [-0.3, -0.25) is 4.68 Å². The van der Waals surface area contributed by atoms with Crippen LogP contribution in [0.25, 0.3) is 0 Å². The van der Waals surface area contributed by atoms with Gasteiger partial charge in [0.1, 0.15) is 11.6 Å². The molecule has 0 spiro atoms. The third-order valence-corrected chi connectivity index (χ3v) is 6.44. The van der Waals surface area contributed by atoms with E-state index in [2.05, 4.69) is 19.2 Å². The Morgan fingerprint density at radius 1 is 1.38 bits per heavy atom. The van der Waals surface area contributed by atoms with E-state index in [4.69, 9.17) is 16.7 Å². The molecule has 2 aliphatic rings. The molecule has 3 nitrogen and oxygen atoms in total. The van der Waals surface area contributed by atoms with Crippen molar-refractivity contribution >= 4 is 29.2 Å². The van der Waals surface area contributed by atoms with E-state index in [-0.39, 0.29) is 15.8 Å². The number of nitrogens with one attached hydrogen (secondary N) is 1. The summed E-state index contributed by atoms with van der Waals surface area (Å²) in [5.74, 6) is 1.30. The first-order valence-corrected chi connectivity index (χ1v) is 9.55. The first kappa shape index (κ1) is 16.3. The molecule has 1 saturated carbocycles. The Labute approximate surface area is 151 Å². The summed E-state index contributed by atoms with van der Waals surface area (Å²) in [7, 11) is 1.97. The second-order valence-corrected chi connectivity index (χ2v) is 9.57. The Kier molecular flexibility index (Phi) is 3.84. The van der Waals surface area contributed by atoms with E-state index < -0.39 is 0 Å². The van der Waals surface area contributed by atoms with Crippen LogP contribution in [-0.2, 0) is 7.05 Å². The molecule has 128 valence electrons. The van der Waals surface area contributed by atoms with Gasteiger partial charge < -0.3 is 5.32 Å². The Bertz CT molecular complexity index is 798. The zero-order valence-corrected chi connectivity index (χ0v) is 15.6. The van der Waals surface area contributed by atoms with Gasteiger partial charge in [0.15, 0.2) is 0 Å². The summed E-state index contributed by atoms with van der Waals surface area (Å²) >= 11 is 7.76. The summed E-state index contributed by atoms with van der Waals surface area (Å²) in [4.78, 5) is 0. The first-order valence-electron chi connectivity index (χ1n) is 8.29. The fourth-order valence-electron chi connectivity index (χ4n) is 3.34. The van der Waals surface area contributed by atoms with Crippen LogP contribution < -0.4 is 5.32 Å². The number of thioether (sulfide) groups is 1. The van der Waals surface area contributed by atoms with Crippen molar-refractivity contribution in [3.8, 4) is 0 Å². The lowest BCUT2D eigenvalue weighted by Gasteiger charge is -2.27. The number of aryl methyl sites for hydroxylation is 1. The van der Waals surface area contributed by atoms with Crippen molar-refractivity contribution in [3.05, 3.63) is 45.9 Å². The van der Waals surface area contributed by atoms with Gasteiger partial charge in [0.2, 0.25) is 0 Å². The molecule has 4 rings (SSSR count). The number of aromatic nitrogens is 2. The van der Waals surface area contributed by atoms with E-state index in [0.717, 1.165) is 23.6 Å². The fraction of sp³-hybridized carbons (Fsp3) is 0.500. The summed E-state index contributed by atoms with van der Waals surface area (Å²) in [6.45, 7) is 5.21. The van der Waals surface area contributed by atoms with E-state index in [1.165, 1.54) is 18.9 Å². The van der Waals surface area contributed by atoms with E-state index >= 15 is 0 Å². The van der Waals surface area contributed by atoms with Gasteiger partial charge in [-0.05, 0) is 38.8 Å². The van der Waals surface area contributed by atoms with Crippen molar-refractivity contribution in [2.24, 2.45) is 7.05 Å². The second-order valence-electron chi connectivity index (χ2n) is 7.32. The van der Waals surface area contributed by atoms with Gasteiger partial charge in [-0.15, -0.1) is 11.8 Å². The van der Waals surface area contributed by atoms with Gasteiger partial charge in [0, 0.05) is 40.4 Å². The molecule has 1 atom stereocenters. The van der Waals surface area contributed by atoms with Crippen LogP contribution in [0.15, 0.2) is 18.2 Å². The first-order chi connectivity index (χ1) is 11.4. The van der Waals surface area contributed by atoms with Gasteiger partial charge in [0.25, 0.3) is 0 Å². The normalized spacial score (nSPS) is 22.6. The molecule has 0 bridgehead atoms. The van der Waals surface area contributed by atoms with Gasteiger partial charge in [-0.1, -0.05) is 17.7 Å². The molecule has 6 heteroatoms. The maximum absolute atomic E-state index is 14.7.